The topological polar surface area (TPSA) is 98.8 Å². The Balaban J connectivity index is 1.86. The van der Waals surface area contributed by atoms with Crippen LogP contribution in [0.3, 0.4) is 0 Å². The SMILES string of the molecule is Cc1cc(F)ccc1S(=O)(=O)Nc1ccccc1C(=O)OC1CC(C)OC1=O. The molecule has 2 atom stereocenters. The van der Waals surface area contributed by atoms with Crippen LogP contribution in [0.15, 0.2) is 47.4 Å². The van der Waals surface area contributed by atoms with Crippen molar-refractivity contribution < 1.29 is 31.9 Å². The van der Waals surface area contributed by atoms with Gasteiger partial charge in [-0.25, -0.2) is 22.4 Å². The third kappa shape index (κ3) is 4.14. The fourth-order valence-electron chi connectivity index (χ4n) is 2.87. The van der Waals surface area contributed by atoms with Gasteiger partial charge in [-0.2, -0.15) is 0 Å². The number of halogens is 1. The van der Waals surface area contributed by atoms with Gasteiger partial charge in [0.15, 0.2) is 0 Å². The largest absolute Gasteiger partial charge is 0.460 e. The third-order valence-corrected chi connectivity index (χ3v) is 5.72. The first-order valence-corrected chi connectivity index (χ1v) is 9.95. The van der Waals surface area contributed by atoms with Crippen molar-refractivity contribution in [1.82, 2.24) is 0 Å². The van der Waals surface area contributed by atoms with Gasteiger partial charge in [0.25, 0.3) is 10.0 Å². The minimum Gasteiger partial charge on any atom is -0.460 e. The number of aryl methyl sites for hydroxylation is 1. The molecule has 9 heteroatoms. The first-order chi connectivity index (χ1) is 13.2. The second-order valence-electron chi connectivity index (χ2n) is 6.44. The Labute approximate surface area is 161 Å². The number of carbonyl (C=O) groups is 2. The van der Waals surface area contributed by atoms with E-state index in [2.05, 4.69) is 4.72 Å². The molecule has 0 spiro atoms. The van der Waals surface area contributed by atoms with E-state index in [4.69, 9.17) is 9.47 Å². The number of carbonyl (C=O) groups excluding carboxylic acids is 2. The molecule has 28 heavy (non-hydrogen) atoms. The van der Waals surface area contributed by atoms with Gasteiger partial charge < -0.3 is 9.47 Å². The monoisotopic (exact) mass is 407 g/mol. The molecular formula is C19H18FNO6S. The summed E-state index contributed by atoms with van der Waals surface area (Å²) in [5.74, 6) is -2.05. The summed E-state index contributed by atoms with van der Waals surface area (Å²) in [5, 5.41) is 0. The van der Waals surface area contributed by atoms with Crippen LogP contribution in [-0.2, 0) is 24.3 Å². The number of hydrogen-bond donors (Lipinski definition) is 1. The zero-order valence-corrected chi connectivity index (χ0v) is 16.0. The Hall–Kier alpha value is -2.94. The van der Waals surface area contributed by atoms with Crippen molar-refractivity contribution in [2.24, 2.45) is 0 Å². The lowest BCUT2D eigenvalue weighted by Gasteiger charge is -2.14. The van der Waals surface area contributed by atoms with E-state index in [0.29, 0.717) is 0 Å². The van der Waals surface area contributed by atoms with Crippen molar-refractivity contribution in [2.75, 3.05) is 4.72 Å². The first kappa shape index (κ1) is 19.8. The van der Waals surface area contributed by atoms with Gasteiger partial charge in [0.1, 0.15) is 11.9 Å². The molecule has 7 nitrogen and oxygen atoms in total. The maximum Gasteiger partial charge on any atom is 0.347 e. The average molecular weight is 407 g/mol. The van der Waals surface area contributed by atoms with E-state index in [0.717, 1.165) is 18.2 Å². The van der Waals surface area contributed by atoms with Crippen molar-refractivity contribution in [3.8, 4) is 0 Å². The van der Waals surface area contributed by atoms with Crippen LogP contribution in [0.5, 0.6) is 0 Å². The molecule has 0 aromatic heterocycles. The normalized spacial score (nSPS) is 19.2. The minimum absolute atomic E-state index is 0.0179. The number of rotatable bonds is 5. The second kappa shape index (κ2) is 7.59. The molecular weight excluding hydrogens is 389 g/mol. The van der Waals surface area contributed by atoms with Gasteiger partial charge in [-0.15, -0.1) is 0 Å². The fourth-order valence-corrected chi connectivity index (χ4v) is 4.18. The molecule has 1 saturated heterocycles. The predicted molar refractivity (Wildman–Crippen MR) is 97.8 cm³/mol. The number of hydrogen-bond acceptors (Lipinski definition) is 6. The van der Waals surface area contributed by atoms with Crippen molar-refractivity contribution >= 4 is 27.6 Å². The molecule has 148 valence electrons. The molecule has 0 aliphatic carbocycles. The van der Waals surface area contributed by atoms with Crippen molar-refractivity contribution in [2.45, 2.75) is 37.4 Å². The number of sulfonamides is 1. The molecule has 3 rings (SSSR count). The van der Waals surface area contributed by atoms with E-state index >= 15 is 0 Å². The lowest BCUT2D eigenvalue weighted by molar-refractivity contribution is -0.147. The number of anilines is 1. The van der Waals surface area contributed by atoms with Gasteiger partial charge in [-0.3, -0.25) is 4.72 Å². The van der Waals surface area contributed by atoms with Crippen LogP contribution in [0.2, 0.25) is 0 Å². The van der Waals surface area contributed by atoms with Crippen LogP contribution in [0.4, 0.5) is 10.1 Å². The summed E-state index contributed by atoms with van der Waals surface area (Å²) in [5.41, 5.74) is 0.143. The Morgan fingerprint density at radius 2 is 1.96 bits per heavy atom. The number of ether oxygens (including phenoxy) is 2. The molecule has 1 aliphatic rings. The van der Waals surface area contributed by atoms with E-state index in [-0.39, 0.29) is 34.2 Å². The van der Waals surface area contributed by atoms with Crippen molar-refractivity contribution in [3.05, 3.63) is 59.4 Å². The highest BCUT2D eigenvalue weighted by molar-refractivity contribution is 7.92. The number of cyclic esters (lactones) is 1. The van der Waals surface area contributed by atoms with E-state index in [1.807, 2.05) is 0 Å². The van der Waals surface area contributed by atoms with Gasteiger partial charge >= 0.3 is 11.9 Å². The third-order valence-electron chi connectivity index (χ3n) is 4.19. The summed E-state index contributed by atoms with van der Waals surface area (Å²) in [4.78, 5) is 24.0. The summed E-state index contributed by atoms with van der Waals surface area (Å²) in [7, 11) is -4.08. The van der Waals surface area contributed by atoms with Crippen molar-refractivity contribution in [1.29, 1.82) is 0 Å². The summed E-state index contributed by atoms with van der Waals surface area (Å²) >= 11 is 0. The second-order valence-corrected chi connectivity index (χ2v) is 8.09. The van der Waals surface area contributed by atoms with Gasteiger partial charge in [-0.05, 0) is 49.7 Å². The molecule has 2 aromatic rings. The van der Waals surface area contributed by atoms with Crippen LogP contribution in [-0.4, -0.2) is 32.6 Å². The first-order valence-electron chi connectivity index (χ1n) is 8.47. The Morgan fingerprint density at radius 1 is 1.25 bits per heavy atom. The van der Waals surface area contributed by atoms with Gasteiger partial charge in [0.2, 0.25) is 6.10 Å². The number of para-hydroxylation sites is 1. The van der Waals surface area contributed by atoms with Crippen LogP contribution in [0, 0.1) is 12.7 Å². The molecule has 0 saturated carbocycles. The molecule has 1 fully saturated rings. The summed E-state index contributed by atoms with van der Waals surface area (Å²) in [6.45, 7) is 3.14. The lowest BCUT2D eigenvalue weighted by Crippen LogP contribution is -2.24. The van der Waals surface area contributed by atoms with Crippen LogP contribution < -0.4 is 4.72 Å². The Bertz CT molecular complexity index is 1040. The molecule has 2 unspecified atom stereocenters. The van der Waals surface area contributed by atoms with Crippen LogP contribution in [0.1, 0.15) is 29.3 Å². The van der Waals surface area contributed by atoms with Crippen LogP contribution >= 0.6 is 0 Å². The van der Waals surface area contributed by atoms with Crippen molar-refractivity contribution in [3.63, 3.8) is 0 Å². The van der Waals surface area contributed by atoms with E-state index in [1.54, 1.807) is 6.92 Å². The standard InChI is InChI=1S/C19H18FNO6S/c1-11-9-13(20)7-8-17(11)28(24,25)21-15-6-4-3-5-14(15)18(22)27-16-10-12(2)26-19(16)23/h3-9,12,16,21H,10H2,1-2H3. The van der Waals surface area contributed by atoms with Gasteiger partial charge in [0.05, 0.1) is 16.1 Å². The molecule has 1 heterocycles. The van der Waals surface area contributed by atoms with Gasteiger partial charge in [0, 0.05) is 6.42 Å². The number of benzene rings is 2. The zero-order chi connectivity index (χ0) is 20.5. The highest BCUT2D eigenvalue weighted by atomic mass is 32.2. The molecule has 1 aliphatic heterocycles. The molecule has 0 radical (unpaired) electrons. The lowest BCUT2D eigenvalue weighted by atomic mass is 10.2. The molecule has 0 amide bonds. The minimum atomic E-state index is -4.08. The smallest absolute Gasteiger partial charge is 0.347 e. The number of nitrogens with one attached hydrogen (secondary N) is 1. The summed E-state index contributed by atoms with van der Waals surface area (Å²) < 4.78 is 51.1. The Morgan fingerprint density at radius 3 is 2.61 bits per heavy atom. The maximum atomic E-state index is 13.3. The molecule has 2 aromatic carbocycles. The molecule has 1 N–H and O–H groups in total. The quantitative estimate of drug-likeness (QED) is 0.766. The molecule has 0 bridgehead atoms. The highest BCUT2D eigenvalue weighted by Gasteiger charge is 2.35. The average Bonchev–Trinajstić information content (AvgIpc) is 2.91. The van der Waals surface area contributed by atoms with Gasteiger partial charge in [-0.1, -0.05) is 12.1 Å². The zero-order valence-electron chi connectivity index (χ0n) is 15.1. The summed E-state index contributed by atoms with van der Waals surface area (Å²) in [6, 6.07) is 9.12. The number of esters is 2. The predicted octanol–water partition coefficient (Wildman–Crippen LogP) is 2.80. The van der Waals surface area contributed by atoms with E-state index in [9.17, 15) is 22.4 Å². The fraction of sp³-hybridized carbons (Fsp3) is 0.263. The maximum absolute atomic E-state index is 13.3. The summed E-state index contributed by atoms with van der Waals surface area (Å²) in [6.07, 6.45) is -1.17. The highest BCUT2D eigenvalue weighted by Crippen LogP contribution is 2.25. The van der Waals surface area contributed by atoms with E-state index < -0.39 is 33.9 Å². The van der Waals surface area contributed by atoms with Crippen LogP contribution in [0.25, 0.3) is 0 Å². The van der Waals surface area contributed by atoms with E-state index in [1.165, 1.54) is 31.2 Å². The Kier molecular flexibility index (Phi) is 5.37.